The van der Waals surface area contributed by atoms with E-state index in [1.165, 1.54) is 0 Å². The van der Waals surface area contributed by atoms with Gasteiger partial charge in [0.15, 0.2) is 0 Å². The summed E-state index contributed by atoms with van der Waals surface area (Å²) < 4.78 is 49.6. The first kappa shape index (κ1) is 28.4. The highest BCUT2D eigenvalue weighted by atomic mass is 19.4. The molecule has 0 aliphatic heterocycles. The van der Waals surface area contributed by atoms with Crippen LogP contribution in [0.1, 0.15) is 57.2 Å². The molecule has 0 saturated heterocycles. The van der Waals surface area contributed by atoms with E-state index >= 15 is 0 Å². The van der Waals surface area contributed by atoms with Crippen molar-refractivity contribution in [2.45, 2.75) is 64.8 Å². The molecule has 0 aliphatic rings. The Bertz CT molecular complexity index is 943. The second kappa shape index (κ2) is 14.5. The van der Waals surface area contributed by atoms with Gasteiger partial charge in [-0.2, -0.15) is 18.4 Å². The number of unbranched alkanes of at least 4 members (excludes halogenated alkanes) is 2. The smallest absolute Gasteiger partial charge is 0.392 e. The molecule has 0 radical (unpaired) electrons. The van der Waals surface area contributed by atoms with E-state index in [0.29, 0.717) is 42.1 Å². The minimum atomic E-state index is -4.32. The molecule has 1 aromatic heterocycles. The summed E-state index contributed by atoms with van der Waals surface area (Å²) in [6.45, 7) is 5.37. The number of ether oxygens (including phenoxy) is 2. The fourth-order valence-corrected chi connectivity index (χ4v) is 3.44. The highest BCUT2D eigenvalue weighted by Gasteiger charge is 2.27. The van der Waals surface area contributed by atoms with Gasteiger partial charge < -0.3 is 20.1 Å². The zero-order valence-corrected chi connectivity index (χ0v) is 20.7. The molecule has 1 atom stereocenters. The van der Waals surface area contributed by atoms with Gasteiger partial charge in [0.25, 0.3) is 0 Å². The van der Waals surface area contributed by atoms with Gasteiger partial charge in [0.1, 0.15) is 0 Å². The molecule has 0 bridgehead atoms. The third-order valence-corrected chi connectivity index (χ3v) is 5.44. The number of alkyl halides is 3. The van der Waals surface area contributed by atoms with Crippen LogP contribution in [0.2, 0.25) is 0 Å². The Morgan fingerprint density at radius 3 is 2.46 bits per heavy atom. The van der Waals surface area contributed by atoms with Crippen molar-refractivity contribution < 1.29 is 22.6 Å². The van der Waals surface area contributed by atoms with Crippen LogP contribution in [0.4, 0.5) is 18.9 Å². The summed E-state index contributed by atoms with van der Waals surface area (Å²) >= 11 is 0. The maximum Gasteiger partial charge on any atom is 0.392 e. The van der Waals surface area contributed by atoms with E-state index in [2.05, 4.69) is 35.5 Å². The molecule has 1 aromatic carbocycles. The Morgan fingerprint density at radius 2 is 1.86 bits per heavy atom. The number of nitriles is 1. The van der Waals surface area contributed by atoms with Crippen molar-refractivity contribution in [3.8, 4) is 23.1 Å². The van der Waals surface area contributed by atoms with Crippen molar-refractivity contribution in [3.05, 3.63) is 41.6 Å². The van der Waals surface area contributed by atoms with Gasteiger partial charge in [0, 0.05) is 25.3 Å². The summed E-state index contributed by atoms with van der Waals surface area (Å²) in [5.74, 6) is 0.123. The lowest BCUT2D eigenvalue weighted by molar-refractivity contribution is -0.139. The Labute approximate surface area is 205 Å². The van der Waals surface area contributed by atoms with Crippen LogP contribution in [0, 0.1) is 11.3 Å². The van der Waals surface area contributed by atoms with Crippen molar-refractivity contribution in [2.24, 2.45) is 0 Å². The van der Waals surface area contributed by atoms with E-state index < -0.39 is 19.2 Å². The maximum absolute atomic E-state index is 12.7. The molecule has 9 heteroatoms. The molecule has 0 aliphatic carbocycles. The summed E-state index contributed by atoms with van der Waals surface area (Å²) in [5.41, 5.74) is 3.11. The Hall–Kier alpha value is -2.83. The molecule has 1 unspecified atom stereocenters. The van der Waals surface area contributed by atoms with E-state index in [-0.39, 0.29) is 12.0 Å². The van der Waals surface area contributed by atoms with Crippen LogP contribution in [0.15, 0.2) is 30.3 Å². The molecule has 0 spiro atoms. The van der Waals surface area contributed by atoms with E-state index in [1.54, 1.807) is 31.3 Å². The largest absolute Gasteiger partial charge is 0.477 e. The molecule has 0 amide bonds. The normalized spacial score (nSPS) is 12.3. The number of pyridine rings is 1. The number of hydrogen-bond acceptors (Lipinski definition) is 6. The van der Waals surface area contributed by atoms with Gasteiger partial charge in [0.2, 0.25) is 5.88 Å². The second-order valence-electron chi connectivity index (χ2n) is 8.26. The van der Waals surface area contributed by atoms with Crippen LogP contribution in [-0.2, 0) is 11.3 Å². The summed E-state index contributed by atoms with van der Waals surface area (Å²) in [7, 11) is 1.77. The molecular weight excluding hydrogens is 457 g/mol. The molecule has 0 saturated carbocycles. The first-order valence-corrected chi connectivity index (χ1v) is 12.0. The number of nitrogens with one attached hydrogen (secondary N) is 2. The quantitative estimate of drug-likeness (QED) is 0.294. The molecule has 2 N–H and O–H groups in total. The average Bonchev–Trinajstić information content (AvgIpc) is 2.84. The Morgan fingerprint density at radius 1 is 1.11 bits per heavy atom. The van der Waals surface area contributed by atoms with Crippen LogP contribution in [0.3, 0.4) is 0 Å². The van der Waals surface area contributed by atoms with Crippen LogP contribution in [0.25, 0.3) is 11.1 Å². The molecule has 6 nitrogen and oxygen atoms in total. The third-order valence-electron chi connectivity index (χ3n) is 5.44. The lowest BCUT2D eigenvalue weighted by Crippen LogP contribution is -2.24. The molecule has 35 heavy (non-hydrogen) atoms. The minimum absolute atomic E-state index is 0.0235. The van der Waals surface area contributed by atoms with E-state index in [0.717, 1.165) is 31.4 Å². The van der Waals surface area contributed by atoms with Gasteiger partial charge in [-0.1, -0.05) is 38.8 Å². The van der Waals surface area contributed by atoms with Crippen molar-refractivity contribution in [3.63, 3.8) is 0 Å². The predicted molar refractivity (Wildman–Crippen MR) is 131 cm³/mol. The Kier molecular flexibility index (Phi) is 11.8. The number of nitrogens with zero attached hydrogens (tertiary/aromatic N) is 2. The molecule has 192 valence electrons. The lowest BCUT2D eigenvalue weighted by Gasteiger charge is -2.21. The van der Waals surface area contributed by atoms with Crippen molar-refractivity contribution in [1.82, 2.24) is 10.3 Å². The highest BCUT2D eigenvalue weighted by Crippen LogP contribution is 2.34. The standard InChI is InChI=1S/C26H35F3N4O2/c1-4-6-7-13-34-21(5-2)17-32-23-15-22(20-10-8-19(16-30)9-11-20)25(33-24(23)18-31-3)35-14-12-26(27,28)29/h8-11,15,21,31-32H,4-7,12-14,17-18H2,1-3H3. The molecular formula is C26H35F3N4O2. The number of rotatable bonds is 15. The average molecular weight is 493 g/mol. The van der Waals surface area contributed by atoms with Crippen molar-refractivity contribution in [2.75, 3.05) is 32.1 Å². The van der Waals surface area contributed by atoms with Gasteiger partial charge in [-0.15, -0.1) is 0 Å². The highest BCUT2D eigenvalue weighted by molar-refractivity contribution is 5.74. The number of halogens is 3. The molecule has 1 heterocycles. The third kappa shape index (κ3) is 9.74. The van der Waals surface area contributed by atoms with E-state index in [1.807, 2.05) is 6.07 Å². The lowest BCUT2D eigenvalue weighted by atomic mass is 10.0. The van der Waals surface area contributed by atoms with Crippen LogP contribution < -0.4 is 15.4 Å². The summed E-state index contributed by atoms with van der Waals surface area (Å²) in [4.78, 5) is 4.57. The van der Waals surface area contributed by atoms with Gasteiger partial charge in [-0.05, 0) is 43.7 Å². The zero-order chi connectivity index (χ0) is 25.7. The summed E-state index contributed by atoms with van der Waals surface area (Å²) in [6, 6.07) is 10.7. The zero-order valence-electron chi connectivity index (χ0n) is 20.7. The fraction of sp³-hybridized carbons (Fsp3) is 0.538. The van der Waals surface area contributed by atoms with E-state index in [9.17, 15) is 13.2 Å². The predicted octanol–water partition coefficient (Wildman–Crippen LogP) is 6.07. The second-order valence-corrected chi connectivity index (χ2v) is 8.26. The summed E-state index contributed by atoms with van der Waals surface area (Å²) in [6.07, 6.45) is -1.25. The maximum atomic E-state index is 12.7. The number of aromatic nitrogens is 1. The van der Waals surface area contributed by atoms with Gasteiger partial charge >= 0.3 is 6.18 Å². The SMILES string of the molecule is CCCCCOC(CC)CNc1cc(-c2ccc(C#N)cc2)c(OCCC(F)(F)F)nc1CNC. The number of hydrogen-bond donors (Lipinski definition) is 2. The van der Waals surface area contributed by atoms with Crippen LogP contribution in [-0.4, -0.2) is 44.1 Å². The molecule has 2 aromatic rings. The van der Waals surface area contributed by atoms with Gasteiger partial charge in [0.05, 0.1) is 42.1 Å². The molecule has 0 fully saturated rings. The van der Waals surface area contributed by atoms with E-state index in [4.69, 9.17) is 14.7 Å². The number of anilines is 1. The van der Waals surface area contributed by atoms with Crippen LogP contribution in [0.5, 0.6) is 5.88 Å². The van der Waals surface area contributed by atoms with Gasteiger partial charge in [-0.25, -0.2) is 4.98 Å². The topological polar surface area (TPSA) is 79.2 Å². The number of benzene rings is 1. The first-order valence-electron chi connectivity index (χ1n) is 12.0. The summed E-state index contributed by atoms with van der Waals surface area (Å²) in [5, 5.41) is 15.6. The van der Waals surface area contributed by atoms with Crippen molar-refractivity contribution in [1.29, 1.82) is 5.26 Å². The van der Waals surface area contributed by atoms with Crippen molar-refractivity contribution >= 4 is 5.69 Å². The molecule has 2 rings (SSSR count). The fourth-order valence-electron chi connectivity index (χ4n) is 3.44. The first-order chi connectivity index (χ1) is 16.8. The Balaban J connectivity index is 2.32. The minimum Gasteiger partial charge on any atom is -0.477 e. The van der Waals surface area contributed by atoms with Crippen LogP contribution >= 0.6 is 0 Å². The van der Waals surface area contributed by atoms with Gasteiger partial charge in [-0.3, -0.25) is 0 Å². The monoisotopic (exact) mass is 492 g/mol.